The Bertz CT molecular complexity index is 269. The normalized spacial score (nSPS) is 15.0. The molecule has 1 heterocycles. The average Bonchev–Trinajstić information content (AvgIpc) is 2.36. The molecule has 0 fully saturated rings. The van der Waals surface area contributed by atoms with Gasteiger partial charge in [0.15, 0.2) is 0 Å². The second kappa shape index (κ2) is 2.62. The number of rotatable bonds is 0. The zero-order valence-corrected chi connectivity index (χ0v) is 8.13. The Balaban J connectivity index is 2.57. The fraction of sp³-hybridized carbons (Fsp3) is 0.375. The number of hydrogen-bond donors (Lipinski definition) is 1. The van der Waals surface area contributed by atoms with E-state index < -0.39 is 0 Å². The summed E-state index contributed by atoms with van der Waals surface area (Å²) in [4.78, 5) is 4.29. The number of pyridine rings is 1. The highest BCUT2D eigenvalue weighted by Crippen LogP contribution is 2.26. The van der Waals surface area contributed by atoms with Crippen LogP contribution in [0.4, 0.5) is 0 Å². The van der Waals surface area contributed by atoms with Crippen molar-refractivity contribution in [1.29, 1.82) is 0 Å². The van der Waals surface area contributed by atoms with Gasteiger partial charge in [-0.15, -0.1) is 0 Å². The zero-order valence-electron chi connectivity index (χ0n) is 5.97. The smallest absolute Gasteiger partial charge is 0.147 e. The number of aromatic nitrogens is 1. The molecule has 1 aromatic rings. The molecular formula is C8H8INO. The van der Waals surface area contributed by atoms with E-state index in [1.165, 1.54) is 17.7 Å². The van der Waals surface area contributed by atoms with Gasteiger partial charge in [0.2, 0.25) is 0 Å². The first-order valence-corrected chi connectivity index (χ1v) is 4.72. The van der Waals surface area contributed by atoms with Gasteiger partial charge in [-0.25, -0.2) is 4.98 Å². The number of aromatic hydroxyl groups is 1. The molecule has 0 aliphatic heterocycles. The molecule has 0 saturated carbocycles. The average molecular weight is 261 g/mol. The van der Waals surface area contributed by atoms with Gasteiger partial charge >= 0.3 is 0 Å². The van der Waals surface area contributed by atoms with Gasteiger partial charge in [0.25, 0.3) is 0 Å². The summed E-state index contributed by atoms with van der Waals surface area (Å²) in [7, 11) is 0. The van der Waals surface area contributed by atoms with Crippen molar-refractivity contribution >= 4 is 22.6 Å². The van der Waals surface area contributed by atoms with E-state index >= 15 is 0 Å². The summed E-state index contributed by atoms with van der Waals surface area (Å²) in [5, 5.41) is 9.31. The van der Waals surface area contributed by atoms with Gasteiger partial charge in [-0.05, 0) is 53.5 Å². The number of nitrogens with zero attached hydrogens (tertiary/aromatic N) is 1. The van der Waals surface area contributed by atoms with Crippen molar-refractivity contribution in [3.05, 3.63) is 21.0 Å². The number of halogens is 1. The van der Waals surface area contributed by atoms with Crippen LogP contribution in [0.25, 0.3) is 0 Å². The topological polar surface area (TPSA) is 33.1 Å². The molecule has 0 radical (unpaired) electrons. The molecule has 0 bridgehead atoms. The molecule has 3 heteroatoms. The van der Waals surface area contributed by atoms with Crippen LogP contribution in [0.1, 0.15) is 17.7 Å². The molecule has 11 heavy (non-hydrogen) atoms. The van der Waals surface area contributed by atoms with E-state index in [0.29, 0.717) is 5.75 Å². The van der Waals surface area contributed by atoms with Crippen molar-refractivity contribution in [3.63, 3.8) is 0 Å². The Morgan fingerprint density at radius 2 is 2.27 bits per heavy atom. The largest absolute Gasteiger partial charge is 0.505 e. The van der Waals surface area contributed by atoms with Crippen molar-refractivity contribution in [2.24, 2.45) is 0 Å². The van der Waals surface area contributed by atoms with Crippen LogP contribution in [0, 0.1) is 3.70 Å². The van der Waals surface area contributed by atoms with Gasteiger partial charge in [0, 0.05) is 5.69 Å². The van der Waals surface area contributed by atoms with E-state index in [2.05, 4.69) is 27.6 Å². The summed E-state index contributed by atoms with van der Waals surface area (Å²) in [5.41, 5.74) is 2.40. The van der Waals surface area contributed by atoms with Gasteiger partial charge in [-0.2, -0.15) is 0 Å². The molecule has 2 nitrogen and oxygen atoms in total. The Kier molecular flexibility index (Phi) is 1.75. The van der Waals surface area contributed by atoms with Crippen LogP contribution in [-0.4, -0.2) is 10.1 Å². The minimum Gasteiger partial charge on any atom is -0.505 e. The molecule has 0 saturated heterocycles. The van der Waals surface area contributed by atoms with Crippen LogP contribution in [0.3, 0.4) is 0 Å². The molecule has 1 aliphatic carbocycles. The Hall–Kier alpha value is -0.320. The predicted molar refractivity (Wildman–Crippen MR) is 50.6 cm³/mol. The van der Waals surface area contributed by atoms with Gasteiger partial charge in [-0.3, -0.25) is 0 Å². The number of aryl methyl sites for hydroxylation is 2. The Labute approximate surface area is 78.8 Å². The monoisotopic (exact) mass is 261 g/mol. The third kappa shape index (κ3) is 1.21. The quantitative estimate of drug-likeness (QED) is 0.571. The summed E-state index contributed by atoms with van der Waals surface area (Å²) in [6.45, 7) is 0. The summed E-state index contributed by atoms with van der Waals surface area (Å²) in [5.74, 6) is 0.325. The third-order valence-electron chi connectivity index (χ3n) is 1.99. The van der Waals surface area contributed by atoms with Crippen molar-refractivity contribution in [2.75, 3.05) is 0 Å². The molecular weight excluding hydrogens is 253 g/mol. The summed E-state index contributed by atoms with van der Waals surface area (Å²) in [6.07, 6.45) is 3.33. The maximum absolute atomic E-state index is 9.31. The molecule has 1 N–H and O–H groups in total. The summed E-state index contributed by atoms with van der Waals surface area (Å²) < 4.78 is 0.725. The lowest BCUT2D eigenvalue weighted by Crippen LogP contribution is -1.90. The highest BCUT2D eigenvalue weighted by molar-refractivity contribution is 14.1. The first kappa shape index (κ1) is 7.34. The standard InChI is InChI=1S/C8H8INO/c9-8-7(11)4-5-2-1-3-6(5)10-8/h4,11H,1-3H2. The van der Waals surface area contributed by atoms with E-state index in [-0.39, 0.29) is 0 Å². The predicted octanol–water partition coefficient (Wildman–Crippen LogP) is 1.88. The van der Waals surface area contributed by atoms with E-state index in [1.807, 2.05) is 6.07 Å². The lowest BCUT2D eigenvalue weighted by atomic mass is 10.2. The van der Waals surface area contributed by atoms with Crippen LogP contribution in [0.15, 0.2) is 6.07 Å². The van der Waals surface area contributed by atoms with Crippen LogP contribution < -0.4 is 0 Å². The first-order chi connectivity index (χ1) is 5.27. The van der Waals surface area contributed by atoms with Gasteiger partial charge in [-0.1, -0.05) is 0 Å². The summed E-state index contributed by atoms with van der Waals surface area (Å²) >= 11 is 2.06. The molecule has 2 rings (SSSR count). The third-order valence-corrected chi connectivity index (χ3v) is 2.78. The second-order valence-electron chi connectivity index (χ2n) is 2.76. The van der Waals surface area contributed by atoms with E-state index in [1.54, 1.807) is 0 Å². The zero-order chi connectivity index (χ0) is 7.84. The fourth-order valence-corrected chi connectivity index (χ4v) is 1.88. The van der Waals surface area contributed by atoms with Crippen molar-refractivity contribution in [1.82, 2.24) is 4.98 Å². The van der Waals surface area contributed by atoms with Crippen LogP contribution in [-0.2, 0) is 12.8 Å². The summed E-state index contributed by atoms with van der Waals surface area (Å²) in [6, 6.07) is 1.84. The first-order valence-electron chi connectivity index (χ1n) is 3.64. The van der Waals surface area contributed by atoms with Gasteiger partial charge in [0.05, 0.1) is 0 Å². The molecule has 0 aromatic carbocycles. The maximum atomic E-state index is 9.31. The Morgan fingerprint density at radius 3 is 3.09 bits per heavy atom. The maximum Gasteiger partial charge on any atom is 0.147 e. The van der Waals surface area contributed by atoms with Crippen LogP contribution in [0.5, 0.6) is 5.75 Å². The SMILES string of the molecule is Oc1cc2c(nc1I)CCC2. The van der Waals surface area contributed by atoms with E-state index in [0.717, 1.165) is 16.5 Å². The number of fused-ring (bicyclic) bond motifs is 1. The lowest BCUT2D eigenvalue weighted by Gasteiger charge is -2.00. The molecule has 0 unspecified atom stereocenters. The van der Waals surface area contributed by atoms with Crippen LogP contribution in [0.2, 0.25) is 0 Å². The van der Waals surface area contributed by atoms with Crippen molar-refractivity contribution < 1.29 is 5.11 Å². The minimum atomic E-state index is 0.325. The lowest BCUT2D eigenvalue weighted by molar-refractivity contribution is 0.467. The second-order valence-corrected chi connectivity index (χ2v) is 3.78. The molecule has 1 aromatic heterocycles. The van der Waals surface area contributed by atoms with Gasteiger partial charge < -0.3 is 5.11 Å². The van der Waals surface area contributed by atoms with Gasteiger partial charge in [0.1, 0.15) is 9.45 Å². The van der Waals surface area contributed by atoms with Crippen LogP contribution >= 0.6 is 22.6 Å². The van der Waals surface area contributed by atoms with E-state index in [4.69, 9.17) is 0 Å². The molecule has 1 aliphatic rings. The minimum absolute atomic E-state index is 0.325. The Morgan fingerprint density at radius 1 is 1.45 bits per heavy atom. The van der Waals surface area contributed by atoms with E-state index in [9.17, 15) is 5.11 Å². The van der Waals surface area contributed by atoms with Crippen molar-refractivity contribution in [3.8, 4) is 5.75 Å². The molecule has 0 spiro atoms. The fourth-order valence-electron chi connectivity index (χ4n) is 1.43. The highest BCUT2D eigenvalue weighted by atomic mass is 127. The van der Waals surface area contributed by atoms with Crippen molar-refractivity contribution in [2.45, 2.75) is 19.3 Å². The molecule has 0 amide bonds. The molecule has 0 atom stereocenters. The highest BCUT2D eigenvalue weighted by Gasteiger charge is 2.14. The number of hydrogen-bond acceptors (Lipinski definition) is 2. The molecule has 58 valence electrons.